The van der Waals surface area contributed by atoms with Crippen LogP contribution in [0.4, 0.5) is 4.79 Å². The van der Waals surface area contributed by atoms with Gasteiger partial charge in [0.1, 0.15) is 10.5 Å². The van der Waals surface area contributed by atoms with Gasteiger partial charge in [0.25, 0.3) is 11.8 Å². The summed E-state index contributed by atoms with van der Waals surface area (Å²) in [7, 11) is -4.35. The van der Waals surface area contributed by atoms with E-state index in [9.17, 15) is 22.8 Å². The minimum Gasteiger partial charge on any atom is -0.490 e. The number of hydrogen-bond donors (Lipinski definition) is 1. The second kappa shape index (κ2) is 13.3. The van der Waals surface area contributed by atoms with Gasteiger partial charge in [-0.05, 0) is 61.4 Å². The zero-order valence-electron chi connectivity index (χ0n) is 22.6. The third-order valence-electron chi connectivity index (χ3n) is 5.86. The molecule has 10 nitrogen and oxygen atoms in total. The lowest BCUT2D eigenvalue weighted by atomic mass is 10.1. The van der Waals surface area contributed by atoms with E-state index in [1.165, 1.54) is 36.4 Å². The van der Waals surface area contributed by atoms with Crippen LogP contribution in [0.2, 0.25) is 10.0 Å². The summed E-state index contributed by atoms with van der Waals surface area (Å²) < 4.78 is 42.5. The highest BCUT2D eigenvalue weighted by molar-refractivity contribution is 7.87. The lowest BCUT2D eigenvalue weighted by molar-refractivity contribution is -0.130. The van der Waals surface area contributed by atoms with Crippen molar-refractivity contribution >= 4 is 57.2 Å². The van der Waals surface area contributed by atoms with Crippen molar-refractivity contribution in [1.82, 2.24) is 10.2 Å². The van der Waals surface area contributed by atoms with Crippen LogP contribution in [0.3, 0.4) is 0 Å². The van der Waals surface area contributed by atoms with E-state index in [0.29, 0.717) is 30.3 Å². The standard InChI is InChI=1S/C29H26Cl2N2O8S/c1-3-12-40-24-11-10-18(13-25(24)39-4-2)17-33-28(35)22(27(34)32-29(33)36)15-19-14-20(30)16-23(31)26(19)41-42(37,38)21-8-6-5-7-9-21/h5-11,13-16H,3-4,12,17H2,1-2H3,(H,32,34,36)/b22-15+. The highest BCUT2D eigenvalue weighted by Gasteiger charge is 2.36. The van der Waals surface area contributed by atoms with Gasteiger partial charge in [-0.2, -0.15) is 8.42 Å². The van der Waals surface area contributed by atoms with Crippen LogP contribution in [0.25, 0.3) is 6.08 Å². The van der Waals surface area contributed by atoms with Gasteiger partial charge < -0.3 is 13.7 Å². The zero-order chi connectivity index (χ0) is 30.4. The van der Waals surface area contributed by atoms with Gasteiger partial charge in [0.05, 0.1) is 24.8 Å². The van der Waals surface area contributed by atoms with Crippen molar-refractivity contribution in [2.45, 2.75) is 31.7 Å². The Morgan fingerprint density at radius 1 is 0.929 bits per heavy atom. The Bertz CT molecular complexity index is 1660. The molecule has 1 aliphatic rings. The van der Waals surface area contributed by atoms with E-state index >= 15 is 0 Å². The van der Waals surface area contributed by atoms with Crippen molar-refractivity contribution in [1.29, 1.82) is 0 Å². The summed E-state index contributed by atoms with van der Waals surface area (Å²) >= 11 is 12.4. The molecule has 0 spiro atoms. The first-order chi connectivity index (χ1) is 20.0. The summed E-state index contributed by atoms with van der Waals surface area (Å²) in [5, 5.41) is 2.03. The topological polar surface area (TPSA) is 128 Å². The Kier molecular flexibility index (Phi) is 9.77. The third kappa shape index (κ3) is 7.04. The monoisotopic (exact) mass is 632 g/mol. The van der Waals surface area contributed by atoms with Crippen LogP contribution in [0.5, 0.6) is 17.2 Å². The van der Waals surface area contributed by atoms with Gasteiger partial charge >= 0.3 is 16.1 Å². The van der Waals surface area contributed by atoms with Crippen molar-refractivity contribution in [3.63, 3.8) is 0 Å². The SMILES string of the molecule is CCCOc1ccc(CN2C(=O)NC(=O)/C(=C\c3cc(Cl)cc(Cl)c3OS(=O)(=O)c3ccccc3)C2=O)cc1OCC. The summed E-state index contributed by atoms with van der Waals surface area (Å²) in [6.07, 6.45) is 1.86. The number of hydrogen-bond acceptors (Lipinski definition) is 8. The van der Waals surface area contributed by atoms with Crippen LogP contribution >= 0.6 is 23.2 Å². The first-order valence-electron chi connectivity index (χ1n) is 12.8. The number of amides is 4. The van der Waals surface area contributed by atoms with E-state index in [2.05, 4.69) is 5.32 Å². The second-order valence-electron chi connectivity index (χ2n) is 8.93. The molecular formula is C29H26Cl2N2O8S. The van der Waals surface area contributed by atoms with Crippen LogP contribution in [-0.2, 0) is 26.3 Å². The first kappa shape index (κ1) is 30.9. The number of nitrogens with one attached hydrogen (secondary N) is 1. The smallest absolute Gasteiger partial charge is 0.339 e. The lowest BCUT2D eigenvalue weighted by Crippen LogP contribution is -2.53. The van der Waals surface area contributed by atoms with Gasteiger partial charge in [0.2, 0.25) is 0 Å². The first-order valence-corrected chi connectivity index (χ1v) is 15.0. The van der Waals surface area contributed by atoms with Gasteiger partial charge in [-0.1, -0.05) is 54.4 Å². The van der Waals surface area contributed by atoms with Crippen molar-refractivity contribution in [2.75, 3.05) is 13.2 Å². The molecule has 1 heterocycles. The number of barbiturate groups is 1. The Labute approximate surface area is 252 Å². The molecule has 0 saturated carbocycles. The number of carbonyl (C=O) groups is 3. The minimum atomic E-state index is -4.35. The van der Waals surface area contributed by atoms with Crippen LogP contribution in [0.15, 0.2) is 71.1 Å². The van der Waals surface area contributed by atoms with E-state index in [0.717, 1.165) is 17.4 Å². The summed E-state index contributed by atoms with van der Waals surface area (Å²) in [5.74, 6) is -1.32. The lowest BCUT2D eigenvalue weighted by Gasteiger charge is -2.27. The molecule has 3 aromatic carbocycles. The number of imide groups is 2. The number of urea groups is 1. The number of halogens is 2. The molecule has 1 fully saturated rings. The molecule has 13 heteroatoms. The Balaban J connectivity index is 1.68. The number of rotatable bonds is 11. The summed E-state index contributed by atoms with van der Waals surface area (Å²) in [5.41, 5.74) is -0.0121. The second-order valence-corrected chi connectivity index (χ2v) is 11.3. The van der Waals surface area contributed by atoms with E-state index in [-0.39, 0.29) is 32.8 Å². The molecule has 0 aliphatic carbocycles. The number of benzene rings is 3. The highest BCUT2D eigenvalue weighted by atomic mass is 35.5. The number of ether oxygens (including phenoxy) is 2. The van der Waals surface area contributed by atoms with Gasteiger partial charge in [-0.25, -0.2) is 4.79 Å². The van der Waals surface area contributed by atoms with Crippen molar-refractivity contribution < 1.29 is 36.5 Å². The fraction of sp³-hybridized carbons (Fsp3) is 0.207. The van der Waals surface area contributed by atoms with Crippen LogP contribution in [0, 0.1) is 0 Å². The fourth-order valence-electron chi connectivity index (χ4n) is 3.95. The van der Waals surface area contributed by atoms with Gasteiger partial charge in [-0.15, -0.1) is 0 Å². The molecule has 4 amide bonds. The molecular weight excluding hydrogens is 607 g/mol. The van der Waals surface area contributed by atoms with Gasteiger partial charge in [0, 0.05) is 10.6 Å². The average Bonchev–Trinajstić information content (AvgIpc) is 2.95. The Hall–Kier alpha value is -4.06. The van der Waals surface area contributed by atoms with E-state index in [1.807, 2.05) is 13.8 Å². The molecule has 0 atom stereocenters. The molecule has 3 aromatic rings. The third-order valence-corrected chi connectivity index (χ3v) is 7.59. The van der Waals surface area contributed by atoms with E-state index in [1.54, 1.807) is 24.3 Å². The average molecular weight is 634 g/mol. The summed E-state index contributed by atoms with van der Waals surface area (Å²) in [6.45, 7) is 4.42. The van der Waals surface area contributed by atoms with Crippen molar-refractivity contribution in [2.24, 2.45) is 0 Å². The predicted molar refractivity (Wildman–Crippen MR) is 156 cm³/mol. The molecule has 42 heavy (non-hydrogen) atoms. The van der Waals surface area contributed by atoms with Crippen LogP contribution in [-0.4, -0.2) is 44.4 Å². The predicted octanol–water partition coefficient (Wildman–Crippen LogP) is 5.61. The maximum Gasteiger partial charge on any atom is 0.339 e. The van der Waals surface area contributed by atoms with Crippen LogP contribution in [0.1, 0.15) is 31.4 Å². The number of nitrogens with zero attached hydrogens (tertiary/aromatic N) is 1. The molecule has 0 bridgehead atoms. The van der Waals surface area contributed by atoms with Gasteiger partial charge in [-0.3, -0.25) is 19.8 Å². The Morgan fingerprint density at radius 2 is 1.67 bits per heavy atom. The molecule has 4 rings (SSSR count). The Morgan fingerprint density at radius 3 is 2.36 bits per heavy atom. The van der Waals surface area contributed by atoms with Crippen LogP contribution < -0.4 is 19.0 Å². The van der Waals surface area contributed by atoms with E-state index < -0.39 is 33.5 Å². The molecule has 0 radical (unpaired) electrons. The summed E-state index contributed by atoms with van der Waals surface area (Å²) in [6, 6.07) is 13.9. The maximum absolute atomic E-state index is 13.5. The van der Waals surface area contributed by atoms with E-state index in [4.69, 9.17) is 36.9 Å². The fourth-order valence-corrected chi connectivity index (χ4v) is 5.53. The molecule has 0 unspecified atom stereocenters. The van der Waals surface area contributed by atoms with Crippen molar-refractivity contribution in [3.8, 4) is 17.2 Å². The maximum atomic E-state index is 13.5. The normalized spacial score (nSPS) is 14.6. The molecule has 220 valence electrons. The molecule has 1 aliphatic heterocycles. The minimum absolute atomic E-state index is 0.0733. The molecule has 1 N–H and O–H groups in total. The zero-order valence-corrected chi connectivity index (χ0v) is 24.9. The molecule has 1 saturated heterocycles. The van der Waals surface area contributed by atoms with Gasteiger partial charge in [0.15, 0.2) is 17.2 Å². The highest BCUT2D eigenvalue weighted by Crippen LogP contribution is 2.36. The summed E-state index contributed by atoms with van der Waals surface area (Å²) in [4.78, 5) is 39.6. The molecule has 0 aromatic heterocycles. The van der Waals surface area contributed by atoms with Crippen molar-refractivity contribution in [3.05, 3.63) is 87.4 Å². The number of carbonyl (C=O) groups excluding carboxylic acids is 3. The quantitative estimate of drug-likeness (QED) is 0.164. The largest absolute Gasteiger partial charge is 0.490 e.